The summed E-state index contributed by atoms with van der Waals surface area (Å²) in [7, 11) is -1.21. The first-order valence-electron chi connectivity index (χ1n) is 21.4. The highest BCUT2D eigenvalue weighted by atomic mass is 32.2. The quantitative estimate of drug-likeness (QED) is 0.279. The first-order valence-corrected chi connectivity index (χ1v) is 22.6. The minimum atomic E-state index is -1.21. The number of benzene rings is 1. The van der Waals surface area contributed by atoms with Crippen molar-refractivity contribution in [1.29, 1.82) is 0 Å². The second kappa shape index (κ2) is 16.3. The van der Waals surface area contributed by atoms with E-state index >= 15 is 4.39 Å². The summed E-state index contributed by atoms with van der Waals surface area (Å²) < 4.78 is 32.9. The highest BCUT2D eigenvalue weighted by molar-refractivity contribution is 7.83. The van der Waals surface area contributed by atoms with Gasteiger partial charge in [0, 0.05) is 75.3 Å². The van der Waals surface area contributed by atoms with Crippen molar-refractivity contribution in [3.05, 3.63) is 57.8 Å². The van der Waals surface area contributed by atoms with Gasteiger partial charge in [-0.1, -0.05) is 0 Å². The van der Waals surface area contributed by atoms with Crippen LogP contribution in [-0.2, 0) is 25.4 Å². The second-order valence-corrected chi connectivity index (χ2v) is 19.2. The molecule has 5 amide bonds. The molecule has 3 N–H and O–H groups in total. The monoisotopic (exact) mass is 859 g/mol. The minimum Gasteiger partial charge on any atom is -0.388 e. The number of piperidine rings is 4. The van der Waals surface area contributed by atoms with Crippen molar-refractivity contribution in [3.63, 3.8) is 0 Å². The highest BCUT2D eigenvalue weighted by Crippen LogP contribution is 2.40. The van der Waals surface area contributed by atoms with Crippen molar-refractivity contribution >= 4 is 63.2 Å². The minimum absolute atomic E-state index is 0.00553. The molecule has 2 unspecified atom stereocenters. The van der Waals surface area contributed by atoms with E-state index in [9.17, 15) is 38.1 Å². The summed E-state index contributed by atoms with van der Waals surface area (Å²) in [6, 6.07) is 4.14. The van der Waals surface area contributed by atoms with E-state index in [-0.39, 0.29) is 64.4 Å². The number of nitrogens with zero attached hydrogens (tertiary/aromatic N) is 7. The van der Waals surface area contributed by atoms with Crippen molar-refractivity contribution in [2.75, 3.05) is 49.5 Å². The summed E-state index contributed by atoms with van der Waals surface area (Å²) in [6.07, 6.45) is 7.49. The number of amides is 5. The molecule has 0 bridgehead atoms. The van der Waals surface area contributed by atoms with Gasteiger partial charge in [-0.05, 0) is 89.3 Å². The normalized spacial score (nSPS) is 26.6. The Morgan fingerprint density at radius 3 is 2.30 bits per heavy atom. The zero-order valence-electron chi connectivity index (χ0n) is 34.0. The van der Waals surface area contributed by atoms with Crippen molar-refractivity contribution in [1.82, 2.24) is 34.0 Å². The molecular weight excluding hydrogens is 810 g/mol. The first kappa shape index (κ1) is 41.2. The lowest BCUT2D eigenvalue weighted by molar-refractivity contribution is -0.137. The van der Waals surface area contributed by atoms with E-state index in [1.807, 2.05) is 9.21 Å². The Morgan fingerprint density at radius 2 is 1.62 bits per heavy atom. The lowest BCUT2D eigenvalue weighted by Gasteiger charge is -2.39. The van der Waals surface area contributed by atoms with Crippen molar-refractivity contribution in [3.8, 4) is 0 Å². The molecular formula is C42H50FN9O8S. The molecule has 324 valence electrons. The summed E-state index contributed by atoms with van der Waals surface area (Å²) in [6.45, 7) is 4.77. The van der Waals surface area contributed by atoms with E-state index in [1.165, 1.54) is 12.1 Å². The van der Waals surface area contributed by atoms with E-state index < -0.39 is 52.1 Å². The highest BCUT2D eigenvalue weighted by Gasteiger charge is 2.46. The summed E-state index contributed by atoms with van der Waals surface area (Å²) in [5.41, 5.74) is -0.661. The van der Waals surface area contributed by atoms with Gasteiger partial charge in [0.15, 0.2) is 0 Å². The van der Waals surface area contributed by atoms with Gasteiger partial charge in [-0.2, -0.15) is 4.98 Å². The molecule has 1 saturated carbocycles. The van der Waals surface area contributed by atoms with Crippen molar-refractivity contribution in [2.24, 2.45) is 5.92 Å². The third kappa shape index (κ3) is 7.73. The molecule has 3 aromatic rings. The Balaban J connectivity index is 0.745. The zero-order valence-corrected chi connectivity index (χ0v) is 34.8. The van der Waals surface area contributed by atoms with Crippen LogP contribution < -0.4 is 21.1 Å². The van der Waals surface area contributed by atoms with E-state index in [4.69, 9.17) is 4.98 Å². The van der Waals surface area contributed by atoms with Crippen LogP contribution in [0.4, 0.5) is 16.0 Å². The standard InChI is InChI=1S/C42H50FN9O8S/c1-42(59)14-2-3-33(42)52-35(54)7-4-25-23-44-41(47-36(25)52)45-26-10-19-50(20-11-26)61(60)27-12-17-49(18-13-27)38(56)24-8-15-48(16-9-24)32-22-29-28(21-30(32)43)39(57)51(40(29)58)31-5-6-34(53)46-37(31)55/h4,7,21-24,26-27,31,33,59H,2-3,5-6,8-20H2,1H3,(H,44,45,47)(H,46,53,55)/t31?,33-,42-,61?/m1/s1. The number of halogens is 1. The Hall–Kier alpha value is -5.14. The molecule has 9 rings (SSSR count). The first-order chi connectivity index (χ1) is 29.3. The summed E-state index contributed by atoms with van der Waals surface area (Å²) >= 11 is 0. The summed E-state index contributed by atoms with van der Waals surface area (Å²) in [5, 5.41) is 17.2. The van der Waals surface area contributed by atoms with Gasteiger partial charge < -0.3 is 20.2 Å². The Morgan fingerprint density at radius 1 is 0.918 bits per heavy atom. The Kier molecular flexibility index (Phi) is 11.0. The molecule has 17 nitrogen and oxygen atoms in total. The number of fused-ring (bicyclic) bond motifs is 2. The number of aliphatic hydroxyl groups is 1. The number of rotatable bonds is 8. The number of imide groups is 2. The molecule has 0 radical (unpaired) electrons. The molecule has 4 saturated heterocycles. The van der Waals surface area contributed by atoms with Gasteiger partial charge in [-0.15, -0.1) is 0 Å². The maximum absolute atomic E-state index is 15.5. The number of carbonyl (C=O) groups excluding carboxylic acids is 5. The summed E-state index contributed by atoms with van der Waals surface area (Å²) in [5.74, 6) is -3.17. The molecule has 4 atom stereocenters. The topological polar surface area (TPSA) is 207 Å². The SMILES string of the molecule is C[C@@]1(O)CCC[C@H]1n1c(=O)ccc2cnc(NC3CCN(S(=O)C4CCN(C(=O)C5CCN(c6cc7c(cc6F)C(=O)N(C6CCC(=O)NC6=O)C7=O)CC5)CC4)CC3)nc21. The number of nitrogens with one attached hydrogen (secondary N) is 2. The van der Waals surface area contributed by atoms with Gasteiger partial charge in [-0.25, -0.2) is 17.9 Å². The third-order valence-corrected chi connectivity index (χ3v) is 15.5. The largest absolute Gasteiger partial charge is 0.388 e. The molecule has 1 aliphatic carbocycles. The predicted octanol–water partition coefficient (Wildman–Crippen LogP) is 2.26. The van der Waals surface area contributed by atoms with E-state index in [0.29, 0.717) is 89.4 Å². The molecule has 6 aliphatic rings. The number of likely N-dealkylation sites (tertiary alicyclic amines) is 1. The smallest absolute Gasteiger partial charge is 0.262 e. The molecule has 2 aromatic heterocycles. The van der Waals surface area contributed by atoms with Gasteiger partial charge in [-0.3, -0.25) is 43.6 Å². The number of anilines is 2. The fraction of sp³-hybridized carbons (Fsp3) is 0.571. The molecule has 0 spiro atoms. The number of hydrogen-bond acceptors (Lipinski definition) is 12. The fourth-order valence-electron chi connectivity index (χ4n) is 10.1. The van der Waals surface area contributed by atoms with Gasteiger partial charge in [0.05, 0.1) is 44.7 Å². The maximum atomic E-state index is 15.5. The van der Waals surface area contributed by atoms with Crippen molar-refractivity contribution in [2.45, 2.75) is 107 Å². The second-order valence-electron chi connectivity index (χ2n) is 17.5. The molecule has 1 aromatic carbocycles. The number of pyridine rings is 1. The van der Waals surface area contributed by atoms with Crippen LogP contribution in [0.15, 0.2) is 35.3 Å². The van der Waals surface area contributed by atoms with E-state index in [2.05, 4.69) is 15.6 Å². The molecule has 7 heterocycles. The molecule has 19 heteroatoms. The third-order valence-electron chi connectivity index (χ3n) is 13.6. The van der Waals surface area contributed by atoms with Crippen LogP contribution in [0.2, 0.25) is 0 Å². The lowest BCUT2D eigenvalue weighted by Crippen LogP contribution is -2.54. The van der Waals surface area contributed by atoms with Crippen LogP contribution >= 0.6 is 0 Å². The van der Waals surface area contributed by atoms with E-state index in [0.717, 1.165) is 35.6 Å². The van der Waals surface area contributed by atoms with Crippen LogP contribution in [0, 0.1) is 11.7 Å². The van der Waals surface area contributed by atoms with Gasteiger partial charge in [0.1, 0.15) is 17.5 Å². The van der Waals surface area contributed by atoms with Crippen LogP contribution in [-0.4, -0.2) is 130 Å². The number of carbonyl (C=O) groups is 5. The van der Waals surface area contributed by atoms with Crippen molar-refractivity contribution < 1.29 is 37.7 Å². The van der Waals surface area contributed by atoms with Gasteiger partial charge in [0.2, 0.25) is 23.7 Å². The fourth-order valence-corrected chi connectivity index (χ4v) is 11.8. The van der Waals surface area contributed by atoms with Crippen LogP contribution in [0.3, 0.4) is 0 Å². The summed E-state index contributed by atoms with van der Waals surface area (Å²) in [4.78, 5) is 90.9. The maximum Gasteiger partial charge on any atom is 0.262 e. The Labute approximate surface area is 353 Å². The van der Waals surface area contributed by atoms with Crippen LogP contribution in [0.5, 0.6) is 0 Å². The Bertz CT molecular complexity index is 2390. The average Bonchev–Trinajstić information content (AvgIpc) is 3.72. The van der Waals surface area contributed by atoms with Gasteiger partial charge in [0.25, 0.3) is 17.4 Å². The number of hydrogen-bond donors (Lipinski definition) is 3. The predicted molar refractivity (Wildman–Crippen MR) is 221 cm³/mol. The molecule has 5 aliphatic heterocycles. The molecule has 61 heavy (non-hydrogen) atoms. The molecule has 5 fully saturated rings. The van der Waals surface area contributed by atoms with Gasteiger partial charge >= 0.3 is 0 Å². The number of aromatic nitrogens is 3. The lowest BCUT2D eigenvalue weighted by atomic mass is 9.93. The van der Waals surface area contributed by atoms with Crippen LogP contribution in [0.25, 0.3) is 11.0 Å². The average molecular weight is 860 g/mol. The van der Waals surface area contributed by atoms with Crippen LogP contribution in [0.1, 0.15) is 104 Å². The zero-order chi connectivity index (χ0) is 42.7. The van der Waals surface area contributed by atoms with E-state index in [1.54, 1.807) is 28.7 Å².